The molecule has 0 radical (unpaired) electrons. The van der Waals surface area contributed by atoms with E-state index in [4.69, 9.17) is 0 Å². The fourth-order valence-corrected chi connectivity index (χ4v) is 1.46. The summed E-state index contributed by atoms with van der Waals surface area (Å²) in [6.07, 6.45) is 0. The van der Waals surface area contributed by atoms with Crippen molar-refractivity contribution in [1.29, 1.82) is 0 Å². The number of rotatable bonds is 2. The first kappa shape index (κ1) is 12.4. The molecule has 2 N–H and O–H groups in total. The average Bonchev–Trinajstić information content (AvgIpc) is 2.77. The van der Waals surface area contributed by atoms with Gasteiger partial charge >= 0.3 is 0 Å². The number of carbonyl (C=O) groups excluding carboxylic acids is 1. The van der Waals surface area contributed by atoms with Gasteiger partial charge in [0.2, 0.25) is 5.91 Å². The summed E-state index contributed by atoms with van der Waals surface area (Å²) >= 11 is 0. The van der Waals surface area contributed by atoms with Gasteiger partial charge in [0.05, 0.1) is 5.69 Å². The number of aromatic nitrogens is 2. The van der Waals surface area contributed by atoms with Crippen molar-refractivity contribution >= 4 is 11.7 Å². The van der Waals surface area contributed by atoms with Crippen LogP contribution in [-0.4, -0.2) is 16.1 Å². The highest BCUT2D eigenvalue weighted by Gasteiger charge is 2.21. The molecule has 0 unspecified atom stereocenters. The van der Waals surface area contributed by atoms with Gasteiger partial charge in [-0.15, -0.1) is 0 Å². The number of amides is 1. The molecule has 0 aliphatic heterocycles. The third kappa shape index (κ3) is 2.77. The van der Waals surface area contributed by atoms with Gasteiger partial charge in [-0.05, 0) is 5.56 Å². The van der Waals surface area contributed by atoms with E-state index in [1.54, 1.807) is 0 Å². The van der Waals surface area contributed by atoms with Gasteiger partial charge in [-0.2, -0.15) is 5.10 Å². The van der Waals surface area contributed by atoms with Crippen LogP contribution in [-0.2, 0) is 4.79 Å². The number of nitrogens with zero attached hydrogens (tertiary/aromatic N) is 1. The summed E-state index contributed by atoms with van der Waals surface area (Å²) < 4.78 is 0. The highest BCUT2D eigenvalue weighted by atomic mass is 16.2. The Morgan fingerprint density at radius 1 is 1.22 bits per heavy atom. The lowest BCUT2D eigenvalue weighted by Gasteiger charge is -2.15. The monoisotopic (exact) mass is 243 g/mol. The summed E-state index contributed by atoms with van der Waals surface area (Å²) in [6, 6.07) is 11.7. The summed E-state index contributed by atoms with van der Waals surface area (Å²) in [4.78, 5) is 11.8. The molecule has 1 amide bonds. The molecule has 1 aromatic heterocycles. The summed E-state index contributed by atoms with van der Waals surface area (Å²) in [5, 5.41) is 9.79. The first-order valence-electron chi connectivity index (χ1n) is 5.89. The number of aromatic amines is 1. The minimum Gasteiger partial charge on any atom is -0.309 e. The van der Waals surface area contributed by atoms with Crippen molar-refractivity contribution in [1.82, 2.24) is 10.2 Å². The van der Waals surface area contributed by atoms with Crippen LogP contribution in [0.1, 0.15) is 20.8 Å². The zero-order valence-corrected chi connectivity index (χ0v) is 10.8. The van der Waals surface area contributed by atoms with E-state index in [9.17, 15) is 4.79 Å². The molecule has 2 aromatic rings. The first-order chi connectivity index (χ1) is 8.47. The van der Waals surface area contributed by atoms with Crippen LogP contribution in [0.5, 0.6) is 0 Å². The van der Waals surface area contributed by atoms with Crippen molar-refractivity contribution in [3.63, 3.8) is 0 Å². The Labute approximate surface area is 106 Å². The third-order valence-electron chi connectivity index (χ3n) is 2.59. The van der Waals surface area contributed by atoms with Crippen molar-refractivity contribution in [2.24, 2.45) is 5.41 Å². The molecular formula is C14H17N3O. The van der Waals surface area contributed by atoms with Gasteiger partial charge in [0.15, 0.2) is 5.82 Å². The van der Waals surface area contributed by atoms with Crippen LogP contribution in [0.3, 0.4) is 0 Å². The van der Waals surface area contributed by atoms with Crippen LogP contribution in [0.15, 0.2) is 36.4 Å². The lowest BCUT2D eigenvalue weighted by molar-refractivity contribution is -0.123. The van der Waals surface area contributed by atoms with E-state index in [-0.39, 0.29) is 5.91 Å². The summed E-state index contributed by atoms with van der Waals surface area (Å²) in [5.74, 6) is 0.502. The smallest absolute Gasteiger partial charge is 0.230 e. The lowest BCUT2D eigenvalue weighted by Crippen LogP contribution is -2.27. The fourth-order valence-electron chi connectivity index (χ4n) is 1.46. The van der Waals surface area contributed by atoms with Gasteiger partial charge < -0.3 is 5.32 Å². The van der Waals surface area contributed by atoms with E-state index < -0.39 is 5.41 Å². The Balaban J connectivity index is 2.15. The van der Waals surface area contributed by atoms with E-state index >= 15 is 0 Å². The first-order valence-corrected chi connectivity index (χ1v) is 5.89. The number of carbonyl (C=O) groups is 1. The number of hydrogen-bond donors (Lipinski definition) is 2. The molecule has 0 saturated carbocycles. The Bertz CT molecular complexity index is 538. The highest BCUT2D eigenvalue weighted by molar-refractivity contribution is 5.94. The second-order valence-corrected chi connectivity index (χ2v) is 5.24. The Morgan fingerprint density at radius 3 is 2.50 bits per heavy atom. The molecule has 2 rings (SSSR count). The lowest BCUT2D eigenvalue weighted by atomic mass is 9.96. The van der Waals surface area contributed by atoms with Crippen LogP contribution >= 0.6 is 0 Å². The molecule has 18 heavy (non-hydrogen) atoms. The molecule has 0 atom stereocenters. The topological polar surface area (TPSA) is 57.8 Å². The Kier molecular flexibility index (Phi) is 3.19. The Hall–Kier alpha value is -2.10. The number of H-pyrrole nitrogens is 1. The predicted molar refractivity (Wildman–Crippen MR) is 72.1 cm³/mol. The van der Waals surface area contributed by atoms with Gasteiger partial charge in [-0.1, -0.05) is 51.1 Å². The largest absolute Gasteiger partial charge is 0.309 e. The maximum absolute atomic E-state index is 11.8. The normalized spacial score (nSPS) is 11.3. The second-order valence-electron chi connectivity index (χ2n) is 5.24. The molecule has 0 aliphatic rings. The predicted octanol–water partition coefficient (Wildman–Crippen LogP) is 3.06. The molecule has 0 spiro atoms. The van der Waals surface area contributed by atoms with E-state index in [1.165, 1.54) is 0 Å². The van der Waals surface area contributed by atoms with Crippen LogP contribution in [0.4, 0.5) is 5.82 Å². The van der Waals surface area contributed by atoms with Crippen molar-refractivity contribution in [2.45, 2.75) is 20.8 Å². The van der Waals surface area contributed by atoms with Crippen LogP contribution in [0.2, 0.25) is 0 Å². The van der Waals surface area contributed by atoms with Crippen molar-refractivity contribution in [3.8, 4) is 11.3 Å². The molecular weight excluding hydrogens is 226 g/mol. The number of anilines is 1. The van der Waals surface area contributed by atoms with Gasteiger partial charge in [0, 0.05) is 11.5 Å². The standard InChI is InChI=1S/C14H17N3O/c1-14(2,3)13(18)15-12-9-11(16-17-12)10-7-5-4-6-8-10/h4-9H,1-3H3,(H2,15,16,17,18). The van der Waals surface area contributed by atoms with Crippen molar-refractivity contribution in [3.05, 3.63) is 36.4 Å². The van der Waals surface area contributed by atoms with Crippen LogP contribution in [0.25, 0.3) is 11.3 Å². The second kappa shape index (κ2) is 4.64. The maximum Gasteiger partial charge on any atom is 0.230 e. The molecule has 4 nitrogen and oxygen atoms in total. The summed E-state index contributed by atoms with van der Waals surface area (Å²) in [7, 11) is 0. The fraction of sp³-hybridized carbons (Fsp3) is 0.286. The Morgan fingerprint density at radius 2 is 1.89 bits per heavy atom. The van der Waals surface area contributed by atoms with Crippen molar-refractivity contribution < 1.29 is 4.79 Å². The molecule has 0 saturated heterocycles. The van der Waals surface area contributed by atoms with Gasteiger partial charge in [0.25, 0.3) is 0 Å². The van der Waals surface area contributed by atoms with E-state index in [0.717, 1.165) is 11.3 Å². The summed E-state index contributed by atoms with van der Waals surface area (Å²) in [5.41, 5.74) is 1.51. The zero-order chi connectivity index (χ0) is 13.2. The molecule has 1 heterocycles. The SMILES string of the molecule is CC(C)(C)C(=O)Nc1cc(-c2ccccc2)[nH]n1. The zero-order valence-electron chi connectivity index (χ0n) is 10.8. The number of hydrogen-bond acceptors (Lipinski definition) is 2. The molecule has 94 valence electrons. The van der Waals surface area contributed by atoms with E-state index in [0.29, 0.717) is 5.82 Å². The van der Waals surface area contributed by atoms with Gasteiger partial charge in [0.1, 0.15) is 0 Å². The number of nitrogens with one attached hydrogen (secondary N) is 2. The average molecular weight is 243 g/mol. The molecule has 4 heteroatoms. The molecule has 1 aromatic carbocycles. The van der Waals surface area contributed by atoms with Crippen molar-refractivity contribution in [2.75, 3.05) is 5.32 Å². The van der Waals surface area contributed by atoms with Gasteiger partial charge in [-0.25, -0.2) is 0 Å². The van der Waals surface area contributed by atoms with E-state index in [2.05, 4.69) is 15.5 Å². The van der Waals surface area contributed by atoms with Crippen LogP contribution in [0, 0.1) is 5.41 Å². The third-order valence-corrected chi connectivity index (χ3v) is 2.59. The quantitative estimate of drug-likeness (QED) is 0.851. The van der Waals surface area contributed by atoms with Crippen LogP contribution < -0.4 is 5.32 Å². The minimum absolute atomic E-state index is 0.0476. The summed E-state index contributed by atoms with van der Waals surface area (Å²) in [6.45, 7) is 5.60. The van der Waals surface area contributed by atoms with E-state index in [1.807, 2.05) is 57.2 Å². The molecule has 0 bridgehead atoms. The highest BCUT2D eigenvalue weighted by Crippen LogP contribution is 2.21. The minimum atomic E-state index is -0.425. The number of benzene rings is 1. The molecule has 0 fully saturated rings. The van der Waals surface area contributed by atoms with Gasteiger partial charge in [-0.3, -0.25) is 9.89 Å². The maximum atomic E-state index is 11.8. The molecule has 0 aliphatic carbocycles.